The van der Waals surface area contributed by atoms with Crippen molar-refractivity contribution in [1.29, 1.82) is 0 Å². The Kier molecular flexibility index (Phi) is 4.13. The molecular formula is C17H14ClFOS. The Labute approximate surface area is 131 Å². The minimum Gasteiger partial charge on any atom is -0.494 e. The highest BCUT2D eigenvalue weighted by Crippen LogP contribution is 2.37. The maximum atomic E-state index is 13.2. The second kappa shape index (κ2) is 6.04. The van der Waals surface area contributed by atoms with Gasteiger partial charge in [-0.15, -0.1) is 22.9 Å². The fourth-order valence-electron chi connectivity index (χ4n) is 2.21. The summed E-state index contributed by atoms with van der Waals surface area (Å²) < 4.78 is 19.6. The van der Waals surface area contributed by atoms with Crippen molar-refractivity contribution in [1.82, 2.24) is 0 Å². The predicted molar refractivity (Wildman–Crippen MR) is 87.1 cm³/mol. The van der Waals surface area contributed by atoms with E-state index in [0.29, 0.717) is 6.61 Å². The molecule has 3 aromatic rings. The third-order valence-corrected chi connectivity index (χ3v) is 5.01. The molecule has 4 heteroatoms. The average molecular weight is 321 g/mol. The van der Waals surface area contributed by atoms with Gasteiger partial charge in [0.1, 0.15) is 11.6 Å². The standard InChI is InChI=1S/C17H14ClFOS/c1-2-20-14-7-4-11(5-8-14)17(18)16-9-12-3-6-13(19)10-15(12)21-16/h3-10,17H,2H2,1H3. The molecule has 0 fully saturated rings. The van der Waals surface area contributed by atoms with Gasteiger partial charge in [-0.2, -0.15) is 0 Å². The highest BCUT2D eigenvalue weighted by Gasteiger charge is 2.14. The molecule has 0 N–H and O–H groups in total. The number of benzene rings is 2. The Bertz CT molecular complexity index is 751. The van der Waals surface area contributed by atoms with Crippen molar-refractivity contribution < 1.29 is 9.13 Å². The maximum Gasteiger partial charge on any atom is 0.124 e. The fraction of sp³-hybridized carbons (Fsp3) is 0.176. The Morgan fingerprint density at radius 1 is 1.14 bits per heavy atom. The number of rotatable bonds is 4. The number of alkyl halides is 1. The maximum absolute atomic E-state index is 13.2. The molecule has 2 aromatic carbocycles. The molecule has 0 radical (unpaired) electrons. The smallest absolute Gasteiger partial charge is 0.124 e. The highest BCUT2D eigenvalue weighted by atomic mass is 35.5. The van der Waals surface area contributed by atoms with Gasteiger partial charge >= 0.3 is 0 Å². The molecule has 1 aromatic heterocycles. The Hall–Kier alpha value is -1.58. The van der Waals surface area contributed by atoms with Gasteiger partial charge in [-0.25, -0.2) is 4.39 Å². The van der Waals surface area contributed by atoms with Gasteiger partial charge in [0.15, 0.2) is 0 Å². The number of hydrogen-bond donors (Lipinski definition) is 0. The predicted octanol–water partition coefficient (Wildman–Crippen LogP) is 5.77. The molecule has 0 bridgehead atoms. The third-order valence-electron chi connectivity index (χ3n) is 3.23. The molecule has 3 rings (SSSR count). The summed E-state index contributed by atoms with van der Waals surface area (Å²) in [7, 11) is 0. The van der Waals surface area contributed by atoms with E-state index in [9.17, 15) is 4.39 Å². The Morgan fingerprint density at radius 2 is 1.90 bits per heavy atom. The van der Waals surface area contributed by atoms with Gasteiger partial charge in [-0.1, -0.05) is 18.2 Å². The van der Waals surface area contributed by atoms with Gasteiger partial charge in [0.25, 0.3) is 0 Å². The zero-order valence-corrected chi connectivity index (χ0v) is 13.0. The molecule has 108 valence electrons. The first-order chi connectivity index (χ1) is 10.2. The van der Waals surface area contributed by atoms with Crippen molar-refractivity contribution in [3.8, 4) is 5.75 Å². The molecule has 1 heterocycles. The quantitative estimate of drug-likeness (QED) is 0.555. The highest BCUT2D eigenvalue weighted by molar-refractivity contribution is 7.19. The summed E-state index contributed by atoms with van der Waals surface area (Å²) in [5.74, 6) is 0.617. The molecule has 21 heavy (non-hydrogen) atoms. The molecule has 0 aliphatic carbocycles. The lowest BCUT2D eigenvalue weighted by atomic mass is 10.1. The normalized spacial score (nSPS) is 12.5. The van der Waals surface area contributed by atoms with Gasteiger partial charge in [0.05, 0.1) is 12.0 Å². The van der Waals surface area contributed by atoms with Crippen LogP contribution in [0.15, 0.2) is 48.5 Å². The van der Waals surface area contributed by atoms with Crippen LogP contribution in [-0.4, -0.2) is 6.61 Å². The third kappa shape index (κ3) is 3.04. The van der Waals surface area contributed by atoms with Crippen molar-refractivity contribution in [3.63, 3.8) is 0 Å². The lowest BCUT2D eigenvalue weighted by molar-refractivity contribution is 0.340. The Balaban J connectivity index is 1.90. The van der Waals surface area contributed by atoms with Crippen LogP contribution in [0.3, 0.4) is 0 Å². The average Bonchev–Trinajstić information content (AvgIpc) is 2.90. The van der Waals surface area contributed by atoms with Crippen LogP contribution >= 0.6 is 22.9 Å². The first-order valence-corrected chi connectivity index (χ1v) is 7.98. The summed E-state index contributed by atoms with van der Waals surface area (Å²) in [5.41, 5.74) is 1.01. The molecule has 1 unspecified atom stereocenters. The van der Waals surface area contributed by atoms with E-state index in [1.807, 2.05) is 37.3 Å². The topological polar surface area (TPSA) is 9.23 Å². The fourth-order valence-corrected chi connectivity index (χ4v) is 3.65. The zero-order valence-electron chi connectivity index (χ0n) is 11.5. The lowest BCUT2D eigenvalue weighted by Gasteiger charge is -2.09. The molecule has 0 saturated carbocycles. The van der Waals surface area contributed by atoms with E-state index in [1.165, 1.54) is 17.4 Å². The molecule has 1 nitrogen and oxygen atoms in total. The van der Waals surface area contributed by atoms with Crippen LogP contribution in [0.4, 0.5) is 4.39 Å². The van der Waals surface area contributed by atoms with Crippen LogP contribution in [0.2, 0.25) is 0 Å². The van der Waals surface area contributed by atoms with Crippen LogP contribution < -0.4 is 4.74 Å². The summed E-state index contributed by atoms with van der Waals surface area (Å²) in [4.78, 5) is 1.02. The molecule has 0 aliphatic heterocycles. The van der Waals surface area contributed by atoms with Gasteiger partial charge < -0.3 is 4.74 Å². The Morgan fingerprint density at radius 3 is 2.62 bits per heavy atom. The van der Waals surface area contributed by atoms with Crippen molar-refractivity contribution in [2.45, 2.75) is 12.3 Å². The minimum atomic E-state index is -0.235. The molecule has 0 aliphatic rings. The number of ether oxygens (including phenoxy) is 1. The van der Waals surface area contributed by atoms with E-state index in [4.69, 9.17) is 16.3 Å². The number of hydrogen-bond acceptors (Lipinski definition) is 2. The second-order valence-corrected chi connectivity index (χ2v) is 6.25. The summed E-state index contributed by atoms with van der Waals surface area (Å²) in [6.45, 7) is 2.60. The van der Waals surface area contributed by atoms with Crippen LogP contribution in [-0.2, 0) is 0 Å². The zero-order chi connectivity index (χ0) is 14.8. The van der Waals surface area contributed by atoms with Gasteiger partial charge in [0.2, 0.25) is 0 Å². The van der Waals surface area contributed by atoms with E-state index < -0.39 is 0 Å². The first-order valence-electron chi connectivity index (χ1n) is 6.73. The van der Waals surface area contributed by atoms with E-state index in [2.05, 4.69) is 0 Å². The van der Waals surface area contributed by atoms with E-state index in [0.717, 1.165) is 26.3 Å². The molecular weight excluding hydrogens is 307 g/mol. The van der Waals surface area contributed by atoms with Crippen LogP contribution in [0.25, 0.3) is 10.1 Å². The van der Waals surface area contributed by atoms with Gasteiger partial charge in [-0.3, -0.25) is 0 Å². The van der Waals surface area contributed by atoms with E-state index in [-0.39, 0.29) is 11.2 Å². The number of fused-ring (bicyclic) bond motifs is 1. The van der Waals surface area contributed by atoms with Gasteiger partial charge in [-0.05, 0) is 48.2 Å². The SMILES string of the molecule is CCOc1ccc(C(Cl)c2cc3ccc(F)cc3s2)cc1. The molecule has 0 saturated heterocycles. The number of halogens is 2. The van der Waals surface area contributed by atoms with E-state index in [1.54, 1.807) is 12.1 Å². The van der Waals surface area contributed by atoms with Crippen molar-refractivity contribution in [3.05, 3.63) is 64.8 Å². The summed E-state index contributed by atoms with van der Waals surface area (Å²) in [5, 5.41) is 0.786. The second-order valence-electron chi connectivity index (χ2n) is 4.70. The number of thiophene rings is 1. The molecule has 0 spiro atoms. The minimum absolute atomic E-state index is 0.219. The molecule has 0 amide bonds. The van der Waals surface area contributed by atoms with Crippen molar-refractivity contribution in [2.24, 2.45) is 0 Å². The lowest BCUT2D eigenvalue weighted by Crippen LogP contribution is -1.93. The summed E-state index contributed by atoms with van der Waals surface area (Å²) in [6.07, 6.45) is 0. The molecule has 1 atom stereocenters. The van der Waals surface area contributed by atoms with E-state index >= 15 is 0 Å². The van der Waals surface area contributed by atoms with Crippen LogP contribution in [0.5, 0.6) is 5.75 Å². The summed E-state index contributed by atoms with van der Waals surface area (Å²) in [6, 6.07) is 14.6. The first kappa shape index (κ1) is 14.4. The van der Waals surface area contributed by atoms with Crippen molar-refractivity contribution >= 4 is 33.0 Å². The van der Waals surface area contributed by atoms with Crippen molar-refractivity contribution in [2.75, 3.05) is 6.61 Å². The van der Waals surface area contributed by atoms with Gasteiger partial charge in [0, 0.05) is 9.58 Å². The van der Waals surface area contributed by atoms with Crippen LogP contribution in [0, 0.1) is 5.82 Å². The van der Waals surface area contributed by atoms with Crippen LogP contribution in [0.1, 0.15) is 22.7 Å². The summed E-state index contributed by atoms with van der Waals surface area (Å²) >= 11 is 8.07. The largest absolute Gasteiger partial charge is 0.494 e. The monoisotopic (exact) mass is 320 g/mol.